The Bertz CT molecular complexity index is 129. The van der Waals surface area contributed by atoms with Crippen molar-refractivity contribution in [3.05, 3.63) is 12.7 Å². The Morgan fingerprint density at radius 3 is 3.09 bits per heavy atom. The van der Waals surface area contributed by atoms with Gasteiger partial charge in [0.2, 0.25) is 5.91 Å². The van der Waals surface area contributed by atoms with Gasteiger partial charge in [0.25, 0.3) is 0 Å². The van der Waals surface area contributed by atoms with Crippen LogP contribution in [0, 0.1) is 0 Å². The van der Waals surface area contributed by atoms with Gasteiger partial charge in [-0.05, 0) is 12.5 Å². The molecule has 0 saturated carbocycles. The van der Waals surface area contributed by atoms with Crippen molar-refractivity contribution in [2.75, 3.05) is 13.2 Å². The summed E-state index contributed by atoms with van der Waals surface area (Å²) in [5.74, 6) is -0.196. The van der Waals surface area contributed by atoms with Crippen LogP contribution in [0.2, 0.25) is 0 Å². The number of hydrogen-bond acceptors (Lipinski definition) is 3. The van der Waals surface area contributed by atoms with Crippen molar-refractivity contribution in [1.82, 2.24) is 5.32 Å². The molecular formula is C6H11BNO3. The highest BCUT2D eigenvalue weighted by Gasteiger charge is 1.92. The molecule has 0 heterocycles. The predicted molar refractivity (Wildman–Crippen MR) is 41.7 cm³/mol. The fourth-order valence-electron chi connectivity index (χ4n) is 0.492. The standard InChI is InChI=1S/C6H11BNO3/c1-2-6(9)8-4-3-5-11-7-10/h2,10H,1,3-5H2,(H,8,9). The lowest BCUT2D eigenvalue weighted by molar-refractivity contribution is -0.116. The summed E-state index contributed by atoms with van der Waals surface area (Å²) in [6.07, 6.45) is 1.87. The number of amides is 1. The van der Waals surface area contributed by atoms with Crippen LogP contribution >= 0.6 is 0 Å². The maximum atomic E-state index is 10.5. The van der Waals surface area contributed by atoms with Crippen molar-refractivity contribution in [2.45, 2.75) is 6.42 Å². The Morgan fingerprint density at radius 2 is 2.55 bits per heavy atom. The van der Waals surface area contributed by atoms with Crippen LogP contribution in [0.15, 0.2) is 12.7 Å². The van der Waals surface area contributed by atoms with Crippen LogP contribution in [0.5, 0.6) is 0 Å². The molecule has 4 nitrogen and oxygen atoms in total. The number of hydrogen-bond donors (Lipinski definition) is 2. The molecule has 0 aliphatic rings. The van der Waals surface area contributed by atoms with Gasteiger partial charge in [0.05, 0.1) is 0 Å². The van der Waals surface area contributed by atoms with E-state index in [1.165, 1.54) is 6.08 Å². The summed E-state index contributed by atoms with van der Waals surface area (Å²) in [6.45, 7) is 4.21. The average Bonchev–Trinajstić information content (AvgIpc) is 2.04. The Hall–Kier alpha value is -0.805. The molecule has 61 valence electrons. The quantitative estimate of drug-likeness (QED) is 0.301. The summed E-state index contributed by atoms with van der Waals surface area (Å²) in [5.41, 5.74) is 0. The average molecular weight is 156 g/mol. The molecule has 5 heteroatoms. The zero-order chi connectivity index (χ0) is 8.53. The number of nitrogens with one attached hydrogen (secondary N) is 1. The van der Waals surface area contributed by atoms with Gasteiger partial charge in [-0.15, -0.1) is 0 Å². The second-order valence-electron chi connectivity index (χ2n) is 1.82. The molecular weight excluding hydrogens is 145 g/mol. The van der Waals surface area contributed by atoms with Crippen LogP contribution < -0.4 is 5.32 Å². The molecule has 0 spiro atoms. The van der Waals surface area contributed by atoms with Crippen molar-refractivity contribution in [2.24, 2.45) is 0 Å². The molecule has 11 heavy (non-hydrogen) atoms. The third kappa shape index (κ3) is 7.09. The Balaban J connectivity index is 3.01. The first-order chi connectivity index (χ1) is 5.31. The highest BCUT2D eigenvalue weighted by molar-refractivity contribution is 6.15. The van der Waals surface area contributed by atoms with Gasteiger partial charge in [0, 0.05) is 13.2 Å². The van der Waals surface area contributed by atoms with Crippen LogP contribution in [-0.4, -0.2) is 31.8 Å². The van der Waals surface area contributed by atoms with Gasteiger partial charge < -0.3 is 15.0 Å². The van der Waals surface area contributed by atoms with Gasteiger partial charge in [-0.25, -0.2) is 0 Å². The van der Waals surface area contributed by atoms with Gasteiger partial charge >= 0.3 is 7.69 Å². The Labute approximate surface area is 66.6 Å². The van der Waals surface area contributed by atoms with Gasteiger partial charge in [0.1, 0.15) is 0 Å². The summed E-state index contributed by atoms with van der Waals surface area (Å²) >= 11 is 0. The first-order valence-corrected chi connectivity index (χ1v) is 3.29. The van der Waals surface area contributed by atoms with E-state index in [0.29, 0.717) is 27.3 Å². The van der Waals surface area contributed by atoms with Gasteiger partial charge in [-0.2, -0.15) is 0 Å². The summed E-state index contributed by atoms with van der Waals surface area (Å²) in [5, 5.41) is 10.6. The smallest absolute Gasteiger partial charge is 0.429 e. The second kappa shape index (κ2) is 7.30. The Kier molecular flexibility index (Phi) is 6.77. The molecule has 0 rings (SSSR count). The summed E-state index contributed by atoms with van der Waals surface area (Å²) in [6, 6.07) is 0. The fourth-order valence-corrected chi connectivity index (χ4v) is 0.492. The molecule has 1 amide bonds. The van der Waals surface area contributed by atoms with E-state index >= 15 is 0 Å². The summed E-state index contributed by atoms with van der Waals surface area (Å²) in [7, 11) is 0.634. The SMILES string of the molecule is C=CC(=O)NCCCO[B]O. The van der Waals surface area contributed by atoms with Gasteiger partial charge in [-0.3, -0.25) is 4.79 Å². The molecule has 2 N–H and O–H groups in total. The fraction of sp³-hybridized carbons (Fsp3) is 0.500. The highest BCUT2D eigenvalue weighted by Crippen LogP contribution is 1.77. The predicted octanol–water partition coefficient (Wildman–Crippen LogP) is -0.778. The molecule has 0 aromatic carbocycles. The van der Waals surface area contributed by atoms with Crippen LogP contribution in [0.4, 0.5) is 0 Å². The minimum Gasteiger partial charge on any atom is -0.429 e. The van der Waals surface area contributed by atoms with Crippen molar-refractivity contribution in [3.63, 3.8) is 0 Å². The molecule has 0 fully saturated rings. The van der Waals surface area contributed by atoms with Crippen molar-refractivity contribution in [1.29, 1.82) is 0 Å². The molecule has 0 bridgehead atoms. The van der Waals surface area contributed by atoms with E-state index in [1.54, 1.807) is 0 Å². The Morgan fingerprint density at radius 1 is 1.82 bits per heavy atom. The topological polar surface area (TPSA) is 58.6 Å². The molecule has 0 atom stereocenters. The minimum atomic E-state index is -0.196. The molecule has 0 aromatic rings. The minimum absolute atomic E-state index is 0.196. The van der Waals surface area contributed by atoms with Crippen LogP contribution in [0.1, 0.15) is 6.42 Å². The van der Waals surface area contributed by atoms with E-state index in [9.17, 15) is 4.79 Å². The van der Waals surface area contributed by atoms with Gasteiger partial charge in [0.15, 0.2) is 0 Å². The molecule has 0 aromatic heterocycles. The monoisotopic (exact) mass is 156 g/mol. The van der Waals surface area contributed by atoms with E-state index in [2.05, 4.69) is 16.6 Å². The first kappa shape index (κ1) is 10.2. The zero-order valence-corrected chi connectivity index (χ0v) is 6.25. The first-order valence-electron chi connectivity index (χ1n) is 3.29. The number of carbonyl (C=O) groups is 1. The van der Waals surface area contributed by atoms with Crippen LogP contribution in [0.25, 0.3) is 0 Å². The second-order valence-corrected chi connectivity index (χ2v) is 1.82. The van der Waals surface area contributed by atoms with E-state index in [0.717, 1.165) is 0 Å². The normalized spacial score (nSPS) is 8.82. The molecule has 0 aliphatic heterocycles. The summed E-state index contributed by atoms with van der Waals surface area (Å²) < 4.78 is 4.50. The number of carbonyl (C=O) groups excluding carboxylic acids is 1. The largest absolute Gasteiger partial charge is 0.485 e. The molecule has 0 unspecified atom stereocenters. The van der Waals surface area contributed by atoms with E-state index in [1.807, 2.05) is 0 Å². The highest BCUT2D eigenvalue weighted by atomic mass is 16.5. The van der Waals surface area contributed by atoms with E-state index in [4.69, 9.17) is 5.02 Å². The lowest BCUT2D eigenvalue weighted by Gasteiger charge is -2.00. The summed E-state index contributed by atoms with van der Waals surface area (Å²) in [4.78, 5) is 10.5. The molecule has 0 aliphatic carbocycles. The lowest BCUT2D eigenvalue weighted by Crippen LogP contribution is -2.23. The third-order valence-corrected chi connectivity index (χ3v) is 0.998. The van der Waals surface area contributed by atoms with Gasteiger partial charge in [-0.1, -0.05) is 6.58 Å². The van der Waals surface area contributed by atoms with Crippen molar-refractivity contribution < 1.29 is 14.5 Å². The lowest BCUT2D eigenvalue weighted by atomic mass is 10.4. The number of rotatable bonds is 6. The maximum Gasteiger partial charge on any atom is 0.485 e. The van der Waals surface area contributed by atoms with E-state index < -0.39 is 0 Å². The van der Waals surface area contributed by atoms with Crippen LogP contribution in [0.3, 0.4) is 0 Å². The van der Waals surface area contributed by atoms with Crippen LogP contribution in [-0.2, 0) is 9.45 Å². The third-order valence-electron chi connectivity index (χ3n) is 0.998. The zero-order valence-electron chi connectivity index (χ0n) is 6.25. The van der Waals surface area contributed by atoms with Crippen molar-refractivity contribution >= 4 is 13.6 Å². The van der Waals surface area contributed by atoms with E-state index in [-0.39, 0.29) is 5.91 Å². The van der Waals surface area contributed by atoms with Crippen molar-refractivity contribution in [3.8, 4) is 0 Å². The maximum absolute atomic E-state index is 10.5. The molecule has 0 saturated heterocycles. The molecule has 1 radical (unpaired) electrons.